The summed E-state index contributed by atoms with van der Waals surface area (Å²) in [7, 11) is 0. The molecule has 0 aromatic carbocycles. The minimum absolute atomic E-state index is 0.0891. The molecule has 1 aliphatic carbocycles. The Labute approximate surface area is 102 Å². The maximum absolute atomic E-state index is 12.1. The number of hydrogen-bond acceptors (Lipinski definition) is 2. The number of nitrogens with zero attached hydrogens (tertiary/aromatic N) is 1. The van der Waals surface area contributed by atoms with E-state index >= 15 is 0 Å². The maximum Gasteiger partial charge on any atom is 0.226 e. The van der Waals surface area contributed by atoms with E-state index in [1.807, 2.05) is 33.9 Å². The average Bonchev–Trinajstić information content (AvgIpc) is 2.56. The molecule has 0 spiro atoms. The van der Waals surface area contributed by atoms with Crippen molar-refractivity contribution in [3.8, 4) is 0 Å². The van der Waals surface area contributed by atoms with Crippen molar-refractivity contribution < 1.29 is 4.79 Å². The van der Waals surface area contributed by atoms with E-state index < -0.39 is 0 Å². The van der Waals surface area contributed by atoms with Crippen LogP contribution in [0.15, 0.2) is 6.20 Å². The van der Waals surface area contributed by atoms with Gasteiger partial charge in [-0.1, -0.05) is 20.8 Å². The smallest absolute Gasteiger partial charge is 0.226 e. The number of aromatic nitrogens is 2. The third-order valence-corrected chi connectivity index (χ3v) is 3.40. The van der Waals surface area contributed by atoms with E-state index in [2.05, 4.69) is 15.3 Å². The number of hydrogen-bond donors (Lipinski definition) is 2. The molecule has 1 aromatic rings. The summed E-state index contributed by atoms with van der Waals surface area (Å²) in [5.41, 5.74) is 0.430. The molecule has 1 aromatic heterocycles. The van der Waals surface area contributed by atoms with E-state index in [-0.39, 0.29) is 16.9 Å². The van der Waals surface area contributed by atoms with Gasteiger partial charge in [-0.05, 0) is 26.2 Å². The van der Waals surface area contributed by atoms with Gasteiger partial charge < -0.3 is 10.3 Å². The zero-order chi connectivity index (χ0) is 12.7. The van der Waals surface area contributed by atoms with Crippen LogP contribution in [0.4, 0.5) is 0 Å². The second kappa shape index (κ2) is 3.86. The number of carbonyl (C=O) groups excluding carboxylic acids is 1. The van der Waals surface area contributed by atoms with Crippen LogP contribution in [0.3, 0.4) is 0 Å². The van der Waals surface area contributed by atoms with Crippen LogP contribution in [-0.2, 0) is 10.3 Å². The predicted octanol–water partition coefficient (Wildman–Crippen LogP) is 2.26. The number of H-pyrrole nitrogens is 1. The molecule has 1 aliphatic rings. The summed E-state index contributed by atoms with van der Waals surface area (Å²) in [6.45, 7) is 7.78. The number of carbonyl (C=O) groups is 1. The Balaban J connectivity index is 2.19. The molecule has 2 rings (SSSR count). The van der Waals surface area contributed by atoms with E-state index in [0.29, 0.717) is 0 Å². The third kappa shape index (κ3) is 2.21. The quantitative estimate of drug-likeness (QED) is 0.826. The molecule has 1 amide bonds. The lowest BCUT2D eigenvalue weighted by atomic mass is 9.75. The summed E-state index contributed by atoms with van der Waals surface area (Å²) in [6, 6.07) is 0. The molecule has 0 saturated heterocycles. The predicted molar refractivity (Wildman–Crippen MR) is 66.5 cm³/mol. The first kappa shape index (κ1) is 12.1. The molecule has 1 saturated carbocycles. The Kier molecular flexibility index (Phi) is 2.76. The van der Waals surface area contributed by atoms with Gasteiger partial charge in [-0.3, -0.25) is 4.79 Å². The van der Waals surface area contributed by atoms with Gasteiger partial charge in [0.15, 0.2) is 0 Å². The summed E-state index contributed by atoms with van der Waals surface area (Å²) in [6.07, 6.45) is 4.91. The SMILES string of the molecule is Cc1cnc(C2(NC(=O)C(C)(C)C)CCC2)[nH]1. The van der Waals surface area contributed by atoms with E-state index in [4.69, 9.17) is 0 Å². The molecule has 1 heterocycles. The monoisotopic (exact) mass is 235 g/mol. The highest BCUT2D eigenvalue weighted by molar-refractivity contribution is 5.82. The van der Waals surface area contributed by atoms with Gasteiger partial charge in [0.2, 0.25) is 5.91 Å². The molecule has 17 heavy (non-hydrogen) atoms. The second-order valence-corrected chi connectivity index (χ2v) is 6.05. The molecule has 2 N–H and O–H groups in total. The first-order chi connectivity index (χ1) is 7.83. The molecule has 0 unspecified atom stereocenters. The zero-order valence-corrected chi connectivity index (χ0v) is 11.1. The lowest BCUT2D eigenvalue weighted by molar-refractivity contribution is -0.132. The molecule has 4 nitrogen and oxygen atoms in total. The van der Waals surface area contributed by atoms with Crippen molar-refractivity contribution in [1.29, 1.82) is 0 Å². The zero-order valence-electron chi connectivity index (χ0n) is 11.1. The Morgan fingerprint density at radius 1 is 1.47 bits per heavy atom. The molecule has 0 atom stereocenters. The van der Waals surface area contributed by atoms with Crippen molar-refractivity contribution in [2.24, 2.45) is 5.41 Å². The third-order valence-electron chi connectivity index (χ3n) is 3.40. The molecule has 0 radical (unpaired) electrons. The highest BCUT2D eigenvalue weighted by Gasteiger charge is 2.44. The summed E-state index contributed by atoms with van der Waals surface area (Å²) in [5.74, 6) is 0.991. The Hall–Kier alpha value is -1.32. The van der Waals surface area contributed by atoms with Crippen LogP contribution in [0, 0.1) is 12.3 Å². The van der Waals surface area contributed by atoms with Crippen molar-refractivity contribution in [3.05, 3.63) is 17.7 Å². The van der Waals surface area contributed by atoms with Crippen molar-refractivity contribution in [2.75, 3.05) is 0 Å². The summed E-state index contributed by atoms with van der Waals surface area (Å²) in [5, 5.41) is 3.17. The van der Waals surface area contributed by atoms with Crippen molar-refractivity contribution in [2.45, 2.75) is 52.5 Å². The van der Waals surface area contributed by atoms with Crippen LogP contribution < -0.4 is 5.32 Å². The maximum atomic E-state index is 12.1. The van der Waals surface area contributed by atoms with Crippen molar-refractivity contribution >= 4 is 5.91 Å². The van der Waals surface area contributed by atoms with E-state index in [9.17, 15) is 4.79 Å². The normalized spacial score (nSPS) is 18.6. The summed E-state index contributed by atoms with van der Waals surface area (Å²) >= 11 is 0. The highest BCUT2D eigenvalue weighted by Crippen LogP contribution is 2.40. The largest absolute Gasteiger partial charge is 0.344 e. The topological polar surface area (TPSA) is 57.8 Å². The van der Waals surface area contributed by atoms with Gasteiger partial charge in [-0.2, -0.15) is 0 Å². The van der Waals surface area contributed by atoms with Gasteiger partial charge in [-0.15, -0.1) is 0 Å². The fraction of sp³-hybridized carbons (Fsp3) is 0.692. The molecule has 94 valence electrons. The van der Waals surface area contributed by atoms with Gasteiger partial charge in [0.05, 0.1) is 5.54 Å². The van der Waals surface area contributed by atoms with Crippen molar-refractivity contribution in [1.82, 2.24) is 15.3 Å². The first-order valence-electron chi connectivity index (χ1n) is 6.18. The Bertz CT molecular complexity index is 424. The molecule has 0 bridgehead atoms. The number of rotatable bonds is 2. The van der Waals surface area contributed by atoms with Gasteiger partial charge in [0.25, 0.3) is 0 Å². The van der Waals surface area contributed by atoms with Crippen LogP contribution in [0.1, 0.15) is 51.6 Å². The van der Waals surface area contributed by atoms with E-state index in [1.165, 1.54) is 0 Å². The number of imidazole rings is 1. The lowest BCUT2D eigenvalue weighted by Crippen LogP contribution is -2.54. The number of aryl methyl sites for hydroxylation is 1. The van der Waals surface area contributed by atoms with Crippen LogP contribution in [-0.4, -0.2) is 15.9 Å². The van der Waals surface area contributed by atoms with Crippen LogP contribution in [0.5, 0.6) is 0 Å². The Morgan fingerprint density at radius 3 is 2.47 bits per heavy atom. The Morgan fingerprint density at radius 2 is 2.12 bits per heavy atom. The molecule has 0 aliphatic heterocycles. The number of nitrogens with one attached hydrogen (secondary N) is 2. The summed E-state index contributed by atoms with van der Waals surface area (Å²) < 4.78 is 0. The number of amides is 1. The highest BCUT2D eigenvalue weighted by atomic mass is 16.2. The average molecular weight is 235 g/mol. The fourth-order valence-corrected chi connectivity index (χ4v) is 2.01. The second-order valence-electron chi connectivity index (χ2n) is 6.05. The fourth-order valence-electron chi connectivity index (χ4n) is 2.01. The molecular formula is C13H21N3O. The van der Waals surface area contributed by atoms with Gasteiger partial charge >= 0.3 is 0 Å². The first-order valence-corrected chi connectivity index (χ1v) is 6.18. The van der Waals surface area contributed by atoms with Gasteiger partial charge in [0, 0.05) is 17.3 Å². The molecule has 4 heteroatoms. The van der Waals surface area contributed by atoms with E-state index in [1.54, 1.807) is 0 Å². The van der Waals surface area contributed by atoms with E-state index in [0.717, 1.165) is 30.8 Å². The molecule has 1 fully saturated rings. The molecular weight excluding hydrogens is 214 g/mol. The van der Waals surface area contributed by atoms with Crippen LogP contribution >= 0.6 is 0 Å². The number of aromatic amines is 1. The summed E-state index contributed by atoms with van der Waals surface area (Å²) in [4.78, 5) is 19.7. The van der Waals surface area contributed by atoms with Crippen LogP contribution in [0.2, 0.25) is 0 Å². The van der Waals surface area contributed by atoms with Gasteiger partial charge in [-0.25, -0.2) is 4.98 Å². The van der Waals surface area contributed by atoms with Crippen molar-refractivity contribution in [3.63, 3.8) is 0 Å². The van der Waals surface area contributed by atoms with Gasteiger partial charge in [0.1, 0.15) is 5.82 Å². The lowest BCUT2D eigenvalue weighted by Gasteiger charge is -2.42. The minimum atomic E-state index is -0.357. The van der Waals surface area contributed by atoms with Crippen LogP contribution in [0.25, 0.3) is 0 Å². The standard InChI is InChI=1S/C13H21N3O/c1-9-8-14-10(15-9)13(6-5-7-13)16-11(17)12(2,3)4/h8H,5-7H2,1-4H3,(H,14,15)(H,16,17). The minimum Gasteiger partial charge on any atom is -0.344 e.